The predicted molar refractivity (Wildman–Crippen MR) is 95.9 cm³/mol. The summed E-state index contributed by atoms with van der Waals surface area (Å²) < 4.78 is 5.49. The van der Waals surface area contributed by atoms with Gasteiger partial charge in [-0.1, -0.05) is 29.8 Å². The molecule has 25 heavy (non-hydrogen) atoms. The van der Waals surface area contributed by atoms with E-state index in [1.165, 1.54) is 0 Å². The van der Waals surface area contributed by atoms with Crippen molar-refractivity contribution in [3.63, 3.8) is 0 Å². The third-order valence-electron chi connectivity index (χ3n) is 4.12. The predicted octanol–water partition coefficient (Wildman–Crippen LogP) is 2.70. The summed E-state index contributed by atoms with van der Waals surface area (Å²) >= 11 is 5.82. The number of benzene rings is 2. The van der Waals surface area contributed by atoms with Crippen LogP contribution in [0.3, 0.4) is 0 Å². The maximum absolute atomic E-state index is 12.4. The van der Waals surface area contributed by atoms with Crippen molar-refractivity contribution in [2.24, 2.45) is 0 Å². The average Bonchev–Trinajstić information content (AvgIpc) is 2.67. The van der Waals surface area contributed by atoms with Gasteiger partial charge in [-0.05, 0) is 36.4 Å². The molecule has 1 aliphatic heterocycles. The van der Waals surface area contributed by atoms with Crippen LogP contribution < -0.4 is 4.74 Å². The molecule has 1 aliphatic rings. The molecule has 130 valence electrons. The third kappa shape index (κ3) is 4.51. The zero-order valence-electron chi connectivity index (χ0n) is 13.7. The maximum Gasteiger partial charge on any atom is 0.260 e. The molecule has 0 N–H and O–H groups in total. The van der Waals surface area contributed by atoms with Crippen LogP contribution in [-0.4, -0.2) is 54.4 Å². The number of carbonyl (C=O) groups is 2. The van der Waals surface area contributed by atoms with Gasteiger partial charge in [0, 0.05) is 36.8 Å². The van der Waals surface area contributed by atoms with Crippen LogP contribution in [0.1, 0.15) is 10.4 Å². The summed E-state index contributed by atoms with van der Waals surface area (Å²) in [6.45, 7) is 2.07. The molecule has 0 unspecified atom stereocenters. The molecule has 0 atom stereocenters. The summed E-state index contributed by atoms with van der Waals surface area (Å²) in [6, 6.07) is 16.1. The molecule has 2 aromatic rings. The summed E-state index contributed by atoms with van der Waals surface area (Å²) in [6.07, 6.45) is 0. The van der Waals surface area contributed by atoms with Gasteiger partial charge in [-0.3, -0.25) is 9.59 Å². The molecular formula is C19H19ClN2O3. The standard InChI is InChI=1S/C19H19ClN2O3/c20-16-6-8-17(9-7-16)25-14-18(23)21-10-12-22(13-11-21)19(24)15-4-2-1-3-5-15/h1-9H,10-14H2. The summed E-state index contributed by atoms with van der Waals surface area (Å²) in [5.41, 5.74) is 0.674. The second kappa shape index (κ2) is 8.03. The molecular weight excluding hydrogens is 340 g/mol. The van der Waals surface area contributed by atoms with Crippen molar-refractivity contribution in [1.29, 1.82) is 0 Å². The van der Waals surface area contributed by atoms with Crippen molar-refractivity contribution < 1.29 is 14.3 Å². The highest BCUT2D eigenvalue weighted by molar-refractivity contribution is 6.30. The van der Waals surface area contributed by atoms with Gasteiger partial charge in [0.25, 0.3) is 11.8 Å². The highest BCUT2D eigenvalue weighted by Crippen LogP contribution is 2.16. The number of carbonyl (C=O) groups excluding carboxylic acids is 2. The number of nitrogens with zero attached hydrogens (tertiary/aromatic N) is 2. The zero-order chi connectivity index (χ0) is 17.6. The Labute approximate surface area is 151 Å². The van der Waals surface area contributed by atoms with Gasteiger partial charge in [0.2, 0.25) is 0 Å². The fourth-order valence-electron chi connectivity index (χ4n) is 2.69. The van der Waals surface area contributed by atoms with E-state index >= 15 is 0 Å². The molecule has 2 amide bonds. The van der Waals surface area contributed by atoms with E-state index in [2.05, 4.69) is 0 Å². The van der Waals surface area contributed by atoms with Crippen LogP contribution in [-0.2, 0) is 4.79 Å². The number of ether oxygens (including phenoxy) is 1. The molecule has 0 aromatic heterocycles. The summed E-state index contributed by atoms with van der Waals surface area (Å²) in [5, 5.41) is 0.623. The minimum absolute atomic E-state index is 0.00473. The van der Waals surface area contributed by atoms with Gasteiger partial charge in [0.15, 0.2) is 6.61 Å². The van der Waals surface area contributed by atoms with Gasteiger partial charge in [0.05, 0.1) is 0 Å². The minimum Gasteiger partial charge on any atom is -0.484 e. The van der Waals surface area contributed by atoms with E-state index < -0.39 is 0 Å². The van der Waals surface area contributed by atoms with Crippen LogP contribution in [0.2, 0.25) is 5.02 Å². The molecule has 0 saturated carbocycles. The Hall–Kier alpha value is -2.53. The highest BCUT2D eigenvalue weighted by Gasteiger charge is 2.24. The van der Waals surface area contributed by atoms with Crippen LogP contribution >= 0.6 is 11.6 Å². The molecule has 0 spiro atoms. The van der Waals surface area contributed by atoms with Gasteiger partial charge >= 0.3 is 0 Å². The van der Waals surface area contributed by atoms with Gasteiger partial charge < -0.3 is 14.5 Å². The number of hydrogen-bond acceptors (Lipinski definition) is 3. The Morgan fingerprint density at radius 3 is 2.12 bits per heavy atom. The van der Waals surface area contributed by atoms with Crippen molar-refractivity contribution >= 4 is 23.4 Å². The van der Waals surface area contributed by atoms with E-state index in [1.54, 1.807) is 46.2 Å². The third-order valence-corrected chi connectivity index (χ3v) is 4.37. The fourth-order valence-corrected chi connectivity index (χ4v) is 2.82. The zero-order valence-corrected chi connectivity index (χ0v) is 14.5. The molecule has 6 heteroatoms. The maximum atomic E-state index is 12.4. The number of piperazine rings is 1. The smallest absolute Gasteiger partial charge is 0.260 e. The highest BCUT2D eigenvalue weighted by atomic mass is 35.5. The molecule has 0 radical (unpaired) electrons. The SMILES string of the molecule is O=C(COc1ccc(Cl)cc1)N1CCN(C(=O)c2ccccc2)CC1. The molecule has 1 fully saturated rings. The van der Waals surface area contributed by atoms with Crippen molar-refractivity contribution in [2.45, 2.75) is 0 Å². The summed E-state index contributed by atoms with van der Waals surface area (Å²) in [7, 11) is 0. The fraction of sp³-hybridized carbons (Fsp3) is 0.263. The van der Waals surface area contributed by atoms with E-state index in [9.17, 15) is 9.59 Å². The summed E-state index contributed by atoms with van der Waals surface area (Å²) in [5.74, 6) is 0.530. The lowest BCUT2D eigenvalue weighted by Gasteiger charge is -2.34. The number of hydrogen-bond donors (Lipinski definition) is 0. The second-order valence-electron chi connectivity index (χ2n) is 5.78. The van der Waals surface area contributed by atoms with E-state index in [0.29, 0.717) is 42.5 Å². The second-order valence-corrected chi connectivity index (χ2v) is 6.22. The van der Waals surface area contributed by atoms with Crippen molar-refractivity contribution in [2.75, 3.05) is 32.8 Å². The van der Waals surface area contributed by atoms with E-state index in [0.717, 1.165) is 0 Å². The first-order valence-corrected chi connectivity index (χ1v) is 8.52. The lowest BCUT2D eigenvalue weighted by molar-refractivity contribution is -0.134. The number of halogens is 1. The van der Waals surface area contributed by atoms with Crippen molar-refractivity contribution in [3.05, 3.63) is 65.2 Å². The molecule has 5 nitrogen and oxygen atoms in total. The topological polar surface area (TPSA) is 49.9 Å². The molecule has 0 bridgehead atoms. The summed E-state index contributed by atoms with van der Waals surface area (Å²) in [4.78, 5) is 28.2. The molecule has 2 aromatic carbocycles. The molecule has 0 aliphatic carbocycles. The van der Waals surface area contributed by atoms with E-state index in [4.69, 9.17) is 16.3 Å². The average molecular weight is 359 g/mol. The Morgan fingerprint density at radius 2 is 1.48 bits per heavy atom. The first kappa shape index (κ1) is 17.3. The molecule has 3 rings (SSSR count). The molecule has 1 saturated heterocycles. The Bertz CT molecular complexity index is 726. The van der Waals surface area contributed by atoms with Gasteiger partial charge in [-0.25, -0.2) is 0 Å². The number of rotatable bonds is 4. The minimum atomic E-state index is -0.0817. The quantitative estimate of drug-likeness (QED) is 0.844. The van der Waals surface area contributed by atoms with Crippen molar-refractivity contribution in [1.82, 2.24) is 9.80 Å². The van der Waals surface area contributed by atoms with Crippen LogP contribution in [0, 0.1) is 0 Å². The normalized spacial score (nSPS) is 14.3. The van der Waals surface area contributed by atoms with Crippen LogP contribution in [0.25, 0.3) is 0 Å². The van der Waals surface area contributed by atoms with Gasteiger partial charge in [-0.15, -0.1) is 0 Å². The first-order chi connectivity index (χ1) is 12.1. The Morgan fingerprint density at radius 1 is 0.880 bits per heavy atom. The monoisotopic (exact) mass is 358 g/mol. The molecule has 1 heterocycles. The Kier molecular flexibility index (Phi) is 5.56. The van der Waals surface area contributed by atoms with E-state index in [-0.39, 0.29) is 18.4 Å². The van der Waals surface area contributed by atoms with Crippen LogP contribution in [0.4, 0.5) is 0 Å². The van der Waals surface area contributed by atoms with E-state index in [1.807, 2.05) is 18.2 Å². The number of amides is 2. The largest absolute Gasteiger partial charge is 0.484 e. The lowest BCUT2D eigenvalue weighted by atomic mass is 10.2. The van der Waals surface area contributed by atoms with Crippen LogP contribution in [0.15, 0.2) is 54.6 Å². The first-order valence-electron chi connectivity index (χ1n) is 8.14. The van der Waals surface area contributed by atoms with Gasteiger partial charge in [0.1, 0.15) is 5.75 Å². The van der Waals surface area contributed by atoms with Crippen molar-refractivity contribution in [3.8, 4) is 5.75 Å². The Balaban J connectivity index is 1.47. The lowest BCUT2D eigenvalue weighted by Crippen LogP contribution is -2.51. The van der Waals surface area contributed by atoms with Crippen LogP contribution in [0.5, 0.6) is 5.75 Å². The van der Waals surface area contributed by atoms with Gasteiger partial charge in [-0.2, -0.15) is 0 Å².